The van der Waals surface area contributed by atoms with Gasteiger partial charge in [-0.2, -0.15) is 0 Å². The molecule has 4 nitrogen and oxygen atoms in total. The van der Waals surface area contributed by atoms with Gasteiger partial charge in [-0.1, -0.05) is 31.4 Å². The number of nitrogens with zero attached hydrogens (tertiary/aromatic N) is 1. The van der Waals surface area contributed by atoms with E-state index in [1.165, 1.54) is 32.1 Å². The van der Waals surface area contributed by atoms with E-state index in [4.69, 9.17) is 4.74 Å². The van der Waals surface area contributed by atoms with Crippen LogP contribution in [0.4, 0.5) is 5.69 Å². The van der Waals surface area contributed by atoms with E-state index in [2.05, 4.69) is 10.2 Å². The largest absolute Gasteiger partial charge is 0.492 e. The number of piperidine rings is 1. The topological polar surface area (TPSA) is 41.6 Å². The molecule has 0 unspecified atom stereocenters. The number of amides is 1. The zero-order valence-corrected chi connectivity index (χ0v) is 14.1. The maximum Gasteiger partial charge on any atom is 0.238 e. The van der Waals surface area contributed by atoms with Crippen molar-refractivity contribution in [2.45, 2.75) is 39.0 Å². The summed E-state index contributed by atoms with van der Waals surface area (Å²) < 4.78 is 5.57. The van der Waals surface area contributed by atoms with Gasteiger partial charge in [-0.3, -0.25) is 9.69 Å². The van der Waals surface area contributed by atoms with Crippen LogP contribution in [0.25, 0.3) is 0 Å². The highest BCUT2D eigenvalue weighted by atomic mass is 16.5. The number of benzene rings is 1. The van der Waals surface area contributed by atoms with Crippen molar-refractivity contribution in [3.05, 3.63) is 24.3 Å². The number of likely N-dealkylation sites (tertiary alicyclic amines) is 1. The molecule has 2 fully saturated rings. The third-order valence-corrected chi connectivity index (χ3v) is 5.20. The lowest BCUT2D eigenvalue weighted by Crippen LogP contribution is -2.44. The van der Waals surface area contributed by atoms with Gasteiger partial charge >= 0.3 is 0 Å². The molecule has 126 valence electrons. The van der Waals surface area contributed by atoms with Gasteiger partial charge in [0.2, 0.25) is 5.91 Å². The van der Waals surface area contributed by atoms with Crippen LogP contribution in [-0.4, -0.2) is 37.0 Å². The smallest absolute Gasteiger partial charge is 0.238 e. The Bertz CT molecular complexity index is 532. The number of para-hydroxylation sites is 2. The second-order valence-electron chi connectivity index (χ2n) is 6.81. The van der Waals surface area contributed by atoms with Crippen LogP contribution in [0, 0.1) is 11.8 Å². The SMILES string of the molecule is CCOc1ccccc1NC(=O)CN1CC[C@@H]2CCCC[C@@H]2C1. The zero-order chi connectivity index (χ0) is 16.1. The molecule has 1 aliphatic heterocycles. The predicted octanol–water partition coefficient (Wildman–Crippen LogP) is 3.54. The number of ether oxygens (including phenoxy) is 1. The van der Waals surface area contributed by atoms with Crippen LogP contribution in [0.5, 0.6) is 5.75 Å². The fraction of sp³-hybridized carbons (Fsp3) is 0.632. The standard InChI is InChI=1S/C19H28N2O2/c1-2-23-18-10-6-5-9-17(18)20-19(22)14-21-12-11-15-7-3-4-8-16(15)13-21/h5-6,9-10,15-16H,2-4,7-8,11-14H2,1H3,(H,20,22)/t15-,16+/m0/s1. The van der Waals surface area contributed by atoms with Crippen LogP contribution >= 0.6 is 0 Å². The van der Waals surface area contributed by atoms with E-state index in [0.29, 0.717) is 13.2 Å². The number of anilines is 1. The molecule has 2 aliphatic rings. The average Bonchev–Trinajstić information content (AvgIpc) is 2.57. The van der Waals surface area contributed by atoms with E-state index in [9.17, 15) is 4.79 Å². The molecule has 1 N–H and O–H groups in total. The van der Waals surface area contributed by atoms with Crippen molar-refractivity contribution in [3.8, 4) is 5.75 Å². The van der Waals surface area contributed by atoms with Gasteiger partial charge in [0.15, 0.2) is 0 Å². The van der Waals surface area contributed by atoms with Gasteiger partial charge < -0.3 is 10.1 Å². The van der Waals surface area contributed by atoms with E-state index in [1.54, 1.807) is 0 Å². The maximum absolute atomic E-state index is 12.4. The van der Waals surface area contributed by atoms with Crippen LogP contribution in [0.1, 0.15) is 39.0 Å². The molecule has 0 spiro atoms. The Kier molecular flexibility index (Phi) is 5.55. The van der Waals surface area contributed by atoms with Crippen molar-refractivity contribution in [2.24, 2.45) is 11.8 Å². The molecule has 1 amide bonds. The summed E-state index contributed by atoms with van der Waals surface area (Å²) in [4.78, 5) is 14.7. The van der Waals surface area contributed by atoms with Crippen molar-refractivity contribution in [1.29, 1.82) is 0 Å². The highest BCUT2D eigenvalue weighted by Gasteiger charge is 2.31. The molecule has 1 aliphatic carbocycles. The first-order chi connectivity index (χ1) is 11.3. The molecule has 1 saturated heterocycles. The van der Waals surface area contributed by atoms with Crippen molar-refractivity contribution in [1.82, 2.24) is 4.90 Å². The monoisotopic (exact) mass is 316 g/mol. The van der Waals surface area contributed by atoms with E-state index in [1.807, 2.05) is 31.2 Å². The summed E-state index contributed by atoms with van der Waals surface area (Å²) in [6.45, 7) is 5.19. The third-order valence-electron chi connectivity index (χ3n) is 5.20. The Balaban J connectivity index is 1.53. The molecule has 3 rings (SSSR count). The molecule has 23 heavy (non-hydrogen) atoms. The van der Waals surface area contributed by atoms with Crippen molar-refractivity contribution < 1.29 is 9.53 Å². The first kappa shape index (κ1) is 16.3. The van der Waals surface area contributed by atoms with E-state index >= 15 is 0 Å². The molecular weight excluding hydrogens is 288 g/mol. The normalized spacial score (nSPS) is 24.7. The number of rotatable bonds is 5. The fourth-order valence-corrected chi connectivity index (χ4v) is 4.06. The summed E-state index contributed by atoms with van der Waals surface area (Å²) in [5.41, 5.74) is 0.770. The highest BCUT2D eigenvalue weighted by Crippen LogP contribution is 2.36. The summed E-state index contributed by atoms with van der Waals surface area (Å²) in [6.07, 6.45) is 6.76. The predicted molar refractivity (Wildman–Crippen MR) is 92.7 cm³/mol. The molecule has 0 aromatic heterocycles. The van der Waals surface area contributed by atoms with Crippen LogP contribution in [0.15, 0.2) is 24.3 Å². The Labute approximate surface area is 139 Å². The van der Waals surface area contributed by atoms with Crippen LogP contribution in [0.3, 0.4) is 0 Å². The highest BCUT2D eigenvalue weighted by molar-refractivity contribution is 5.93. The lowest BCUT2D eigenvalue weighted by atomic mass is 9.75. The number of hydrogen-bond acceptors (Lipinski definition) is 3. The summed E-state index contributed by atoms with van der Waals surface area (Å²) >= 11 is 0. The summed E-state index contributed by atoms with van der Waals surface area (Å²) in [6, 6.07) is 7.64. The van der Waals surface area contributed by atoms with Crippen LogP contribution < -0.4 is 10.1 Å². The molecule has 1 aromatic rings. The second-order valence-corrected chi connectivity index (χ2v) is 6.81. The summed E-state index contributed by atoms with van der Waals surface area (Å²) in [5, 5.41) is 3.01. The molecule has 2 atom stereocenters. The number of fused-ring (bicyclic) bond motifs is 1. The summed E-state index contributed by atoms with van der Waals surface area (Å²) in [5.74, 6) is 2.52. The zero-order valence-electron chi connectivity index (χ0n) is 14.1. The fourth-order valence-electron chi connectivity index (χ4n) is 4.06. The molecule has 1 heterocycles. The lowest BCUT2D eigenvalue weighted by molar-refractivity contribution is -0.118. The molecule has 4 heteroatoms. The number of hydrogen-bond donors (Lipinski definition) is 1. The number of carbonyl (C=O) groups excluding carboxylic acids is 1. The first-order valence-corrected chi connectivity index (χ1v) is 9.00. The van der Waals surface area contributed by atoms with Crippen LogP contribution in [0.2, 0.25) is 0 Å². The molecule has 0 bridgehead atoms. The molecule has 0 radical (unpaired) electrons. The molecular formula is C19H28N2O2. The number of nitrogens with one attached hydrogen (secondary N) is 1. The minimum atomic E-state index is 0.0615. The van der Waals surface area contributed by atoms with Gasteiger partial charge in [-0.05, 0) is 50.3 Å². The minimum Gasteiger partial charge on any atom is -0.492 e. The van der Waals surface area contributed by atoms with Crippen molar-refractivity contribution >= 4 is 11.6 Å². The lowest BCUT2D eigenvalue weighted by Gasteiger charge is -2.41. The van der Waals surface area contributed by atoms with Gasteiger partial charge in [0, 0.05) is 6.54 Å². The molecule has 1 saturated carbocycles. The summed E-state index contributed by atoms with van der Waals surface area (Å²) in [7, 11) is 0. The maximum atomic E-state index is 12.4. The van der Waals surface area contributed by atoms with E-state index in [-0.39, 0.29) is 5.91 Å². The van der Waals surface area contributed by atoms with Crippen molar-refractivity contribution in [3.63, 3.8) is 0 Å². The third kappa shape index (κ3) is 4.25. The Morgan fingerprint density at radius 2 is 2.00 bits per heavy atom. The van der Waals surface area contributed by atoms with Crippen LogP contribution in [-0.2, 0) is 4.79 Å². The molecule has 1 aromatic carbocycles. The van der Waals surface area contributed by atoms with E-state index in [0.717, 1.165) is 36.4 Å². The Morgan fingerprint density at radius 1 is 1.22 bits per heavy atom. The minimum absolute atomic E-state index is 0.0615. The first-order valence-electron chi connectivity index (χ1n) is 9.00. The van der Waals surface area contributed by atoms with Gasteiger partial charge in [0.1, 0.15) is 5.75 Å². The van der Waals surface area contributed by atoms with Crippen molar-refractivity contribution in [2.75, 3.05) is 31.6 Å². The number of carbonyl (C=O) groups is 1. The van der Waals surface area contributed by atoms with E-state index < -0.39 is 0 Å². The van der Waals surface area contributed by atoms with Gasteiger partial charge in [-0.25, -0.2) is 0 Å². The quantitative estimate of drug-likeness (QED) is 0.903. The Morgan fingerprint density at radius 3 is 2.83 bits per heavy atom. The van der Waals surface area contributed by atoms with Gasteiger partial charge in [-0.15, -0.1) is 0 Å². The Hall–Kier alpha value is -1.55. The average molecular weight is 316 g/mol. The second kappa shape index (κ2) is 7.82. The van der Waals surface area contributed by atoms with Gasteiger partial charge in [0.05, 0.1) is 18.8 Å². The van der Waals surface area contributed by atoms with Gasteiger partial charge in [0.25, 0.3) is 0 Å².